The third-order valence-corrected chi connectivity index (χ3v) is 5.55. The van der Waals surface area contributed by atoms with Gasteiger partial charge in [0.2, 0.25) is 5.91 Å². The largest absolute Gasteiger partial charge is 0.497 e. The minimum Gasteiger partial charge on any atom is -0.497 e. The number of halogens is 1. The van der Waals surface area contributed by atoms with E-state index in [9.17, 15) is 14.0 Å². The lowest BCUT2D eigenvalue weighted by Gasteiger charge is -2.22. The van der Waals surface area contributed by atoms with E-state index in [2.05, 4.69) is 5.10 Å². The fourth-order valence-electron chi connectivity index (χ4n) is 4.08. The Labute approximate surface area is 178 Å². The highest BCUT2D eigenvalue weighted by Crippen LogP contribution is 2.39. The van der Waals surface area contributed by atoms with Crippen molar-refractivity contribution in [2.45, 2.75) is 6.04 Å². The predicted molar refractivity (Wildman–Crippen MR) is 115 cm³/mol. The molecule has 0 spiro atoms. The summed E-state index contributed by atoms with van der Waals surface area (Å²) < 4.78 is 19.7. The molecule has 2 heterocycles. The number of benzene rings is 3. The maximum Gasteiger partial charge on any atom is 0.260 e. The van der Waals surface area contributed by atoms with E-state index < -0.39 is 29.6 Å². The molecule has 1 saturated heterocycles. The number of imide groups is 1. The van der Waals surface area contributed by atoms with Gasteiger partial charge in [-0.3, -0.25) is 14.6 Å². The van der Waals surface area contributed by atoms with Gasteiger partial charge in [-0.05, 0) is 54.1 Å². The number of methoxy groups -OCH3 is 1. The summed E-state index contributed by atoms with van der Waals surface area (Å²) in [5.41, 5.74) is 1.80. The molecule has 3 aromatic rings. The molecular formula is C24H18FN3O3. The molecule has 0 saturated carbocycles. The first-order chi connectivity index (χ1) is 15.1. The van der Waals surface area contributed by atoms with Crippen LogP contribution >= 0.6 is 0 Å². The van der Waals surface area contributed by atoms with Crippen LogP contribution in [-0.4, -0.2) is 30.7 Å². The second-order valence-electron chi connectivity index (χ2n) is 7.28. The van der Waals surface area contributed by atoms with E-state index in [0.29, 0.717) is 22.7 Å². The van der Waals surface area contributed by atoms with Gasteiger partial charge in [-0.1, -0.05) is 30.3 Å². The maximum atomic E-state index is 14.5. The van der Waals surface area contributed by atoms with Gasteiger partial charge in [-0.25, -0.2) is 9.29 Å². The highest BCUT2D eigenvalue weighted by Gasteiger charge is 2.57. The van der Waals surface area contributed by atoms with Gasteiger partial charge in [0.25, 0.3) is 5.91 Å². The molecule has 7 heteroatoms. The van der Waals surface area contributed by atoms with E-state index in [1.807, 2.05) is 30.3 Å². The molecule has 3 aromatic carbocycles. The molecule has 0 bridgehead atoms. The average Bonchev–Trinajstić information content (AvgIpc) is 3.32. The minimum absolute atomic E-state index is 0.0472. The zero-order valence-corrected chi connectivity index (χ0v) is 16.6. The molecule has 2 aliphatic heterocycles. The number of para-hydroxylation sites is 2. The summed E-state index contributed by atoms with van der Waals surface area (Å²) in [4.78, 5) is 27.8. The monoisotopic (exact) mass is 415 g/mol. The van der Waals surface area contributed by atoms with Gasteiger partial charge in [0.05, 0.1) is 24.2 Å². The van der Waals surface area contributed by atoms with Gasteiger partial charge in [-0.2, -0.15) is 5.10 Å². The average molecular weight is 415 g/mol. The predicted octanol–water partition coefficient (Wildman–Crippen LogP) is 3.62. The lowest BCUT2D eigenvalue weighted by Crippen LogP contribution is -2.39. The summed E-state index contributed by atoms with van der Waals surface area (Å²) in [5, 5.41) is 6.23. The second-order valence-corrected chi connectivity index (χ2v) is 7.28. The molecule has 5 rings (SSSR count). The summed E-state index contributed by atoms with van der Waals surface area (Å²) in [6.45, 7) is 0. The van der Waals surface area contributed by atoms with Crippen LogP contribution in [0.2, 0.25) is 0 Å². The van der Waals surface area contributed by atoms with Crippen LogP contribution in [0.5, 0.6) is 5.75 Å². The molecule has 2 amide bonds. The van der Waals surface area contributed by atoms with Crippen molar-refractivity contribution >= 4 is 28.9 Å². The Morgan fingerprint density at radius 1 is 0.871 bits per heavy atom. The normalized spacial score (nSPS) is 20.1. The summed E-state index contributed by atoms with van der Waals surface area (Å²) in [6, 6.07) is 21.2. The number of nitrogens with zero attached hydrogens (tertiary/aromatic N) is 3. The zero-order valence-electron chi connectivity index (χ0n) is 16.6. The number of ether oxygens (including phenoxy) is 1. The van der Waals surface area contributed by atoms with Gasteiger partial charge in [0.1, 0.15) is 23.5 Å². The van der Waals surface area contributed by atoms with Crippen LogP contribution in [0.15, 0.2) is 84.0 Å². The maximum absolute atomic E-state index is 14.5. The van der Waals surface area contributed by atoms with Gasteiger partial charge in [-0.15, -0.1) is 0 Å². The quantitative estimate of drug-likeness (QED) is 0.611. The Hall–Kier alpha value is -4.00. The van der Waals surface area contributed by atoms with Crippen molar-refractivity contribution in [3.8, 4) is 5.75 Å². The Morgan fingerprint density at radius 2 is 1.55 bits per heavy atom. The number of carbonyl (C=O) groups is 2. The van der Waals surface area contributed by atoms with Crippen molar-refractivity contribution < 1.29 is 18.7 Å². The molecule has 1 fully saturated rings. The molecule has 2 aliphatic rings. The molecule has 0 N–H and O–H groups in total. The van der Waals surface area contributed by atoms with Crippen molar-refractivity contribution in [3.05, 3.63) is 90.2 Å². The summed E-state index contributed by atoms with van der Waals surface area (Å²) in [7, 11) is 1.57. The van der Waals surface area contributed by atoms with E-state index in [-0.39, 0.29) is 5.69 Å². The lowest BCUT2D eigenvalue weighted by molar-refractivity contribution is -0.121. The number of rotatable bonds is 4. The third kappa shape index (κ3) is 2.97. The van der Waals surface area contributed by atoms with Gasteiger partial charge in [0.15, 0.2) is 0 Å². The smallest absolute Gasteiger partial charge is 0.260 e. The standard InChI is InChI=1S/C24H18FN3O3/c1-31-17-13-11-15(12-14-17)21-20-22(28(26-21)16-7-3-2-4-8-16)24(30)27(23(20)29)19-10-6-5-9-18(19)25/h2-14,20,22H,1H3/t20-,22+/m0/s1. The van der Waals surface area contributed by atoms with Crippen LogP contribution in [-0.2, 0) is 9.59 Å². The third-order valence-electron chi connectivity index (χ3n) is 5.55. The molecule has 0 unspecified atom stereocenters. The second kappa shape index (κ2) is 7.36. The van der Waals surface area contributed by atoms with Crippen molar-refractivity contribution in [3.63, 3.8) is 0 Å². The zero-order chi connectivity index (χ0) is 21.5. The molecule has 6 nitrogen and oxygen atoms in total. The van der Waals surface area contributed by atoms with Crippen LogP contribution in [0.1, 0.15) is 5.56 Å². The van der Waals surface area contributed by atoms with Gasteiger partial charge >= 0.3 is 0 Å². The fourth-order valence-corrected chi connectivity index (χ4v) is 4.08. The van der Waals surface area contributed by atoms with Crippen LogP contribution < -0.4 is 14.6 Å². The van der Waals surface area contributed by atoms with Crippen molar-refractivity contribution in [1.29, 1.82) is 0 Å². The number of anilines is 2. The Bertz CT molecular complexity index is 1190. The molecular weight excluding hydrogens is 397 g/mol. The number of hydrazone groups is 1. The first-order valence-electron chi connectivity index (χ1n) is 9.79. The number of amides is 2. The first kappa shape index (κ1) is 19.0. The summed E-state index contributed by atoms with van der Waals surface area (Å²) in [6.07, 6.45) is 0. The van der Waals surface area contributed by atoms with Crippen molar-refractivity contribution in [1.82, 2.24) is 0 Å². The number of hydrogen-bond acceptors (Lipinski definition) is 5. The molecule has 0 radical (unpaired) electrons. The van der Waals surface area contributed by atoms with Crippen LogP contribution in [0.25, 0.3) is 0 Å². The van der Waals surface area contributed by atoms with Crippen molar-refractivity contribution in [2.24, 2.45) is 11.0 Å². The topological polar surface area (TPSA) is 62.2 Å². The van der Waals surface area contributed by atoms with E-state index in [0.717, 1.165) is 4.90 Å². The van der Waals surface area contributed by atoms with E-state index in [1.165, 1.54) is 18.2 Å². The number of carbonyl (C=O) groups excluding carboxylic acids is 2. The number of hydrogen-bond donors (Lipinski definition) is 0. The molecule has 154 valence electrons. The Balaban J connectivity index is 1.63. The van der Waals surface area contributed by atoms with E-state index >= 15 is 0 Å². The van der Waals surface area contributed by atoms with Crippen LogP contribution in [0.3, 0.4) is 0 Å². The van der Waals surface area contributed by atoms with E-state index in [4.69, 9.17) is 4.74 Å². The highest BCUT2D eigenvalue weighted by molar-refractivity contribution is 6.34. The lowest BCUT2D eigenvalue weighted by atomic mass is 9.92. The fraction of sp³-hybridized carbons (Fsp3) is 0.125. The SMILES string of the molecule is COc1ccc(C2=NN(c3ccccc3)[C@H]3C(=O)N(c4ccccc4F)C(=O)[C@@H]23)cc1. The Morgan fingerprint density at radius 3 is 2.23 bits per heavy atom. The summed E-state index contributed by atoms with van der Waals surface area (Å²) in [5.74, 6) is -1.80. The molecule has 0 aromatic heterocycles. The highest BCUT2D eigenvalue weighted by atomic mass is 19.1. The number of fused-ring (bicyclic) bond motifs is 1. The molecule has 2 atom stereocenters. The van der Waals surface area contributed by atoms with Gasteiger partial charge < -0.3 is 4.74 Å². The Kier molecular flexibility index (Phi) is 4.51. The van der Waals surface area contributed by atoms with Gasteiger partial charge in [0, 0.05) is 0 Å². The minimum atomic E-state index is -0.883. The molecule has 0 aliphatic carbocycles. The van der Waals surface area contributed by atoms with Crippen LogP contribution in [0, 0.1) is 11.7 Å². The summed E-state index contributed by atoms with van der Waals surface area (Å²) >= 11 is 0. The first-order valence-corrected chi connectivity index (χ1v) is 9.79. The van der Waals surface area contributed by atoms with E-state index in [1.54, 1.807) is 42.5 Å². The molecule has 31 heavy (non-hydrogen) atoms. The van der Waals surface area contributed by atoms with Crippen molar-refractivity contribution in [2.75, 3.05) is 17.0 Å². The van der Waals surface area contributed by atoms with Crippen LogP contribution in [0.4, 0.5) is 15.8 Å².